The first-order valence-electron chi connectivity index (χ1n) is 12.4. The smallest absolute Gasteiger partial charge is 0.416 e. The number of ether oxygens (including phenoxy) is 1. The van der Waals surface area contributed by atoms with E-state index in [0.29, 0.717) is 22.5 Å². The van der Waals surface area contributed by atoms with Gasteiger partial charge in [0.05, 0.1) is 5.56 Å². The van der Waals surface area contributed by atoms with Crippen LogP contribution in [0, 0.1) is 0 Å². The molecule has 2 amide bonds. The zero-order valence-corrected chi connectivity index (χ0v) is 21.8. The molecule has 204 valence electrons. The minimum atomic E-state index is -4.41. The number of fused-ring (bicyclic) bond motifs is 1. The van der Waals surface area contributed by atoms with Crippen LogP contribution in [0.2, 0.25) is 0 Å². The quantitative estimate of drug-likeness (QED) is 0.249. The molecule has 0 aliphatic rings. The van der Waals surface area contributed by atoms with Crippen molar-refractivity contribution in [3.63, 3.8) is 0 Å². The summed E-state index contributed by atoms with van der Waals surface area (Å²) in [4.78, 5) is 24.5. The van der Waals surface area contributed by atoms with Crippen LogP contribution in [0.3, 0.4) is 0 Å². The number of nitrogens with one attached hydrogen (secondary N) is 2. The summed E-state index contributed by atoms with van der Waals surface area (Å²) >= 11 is 0. The molecule has 0 saturated heterocycles. The Morgan fingerprint density at radius 2 is 1.59 bits per heavy atom. The molecule has 9 heteroatoms. The lowest BCUT2D eigenvalue weighted by Gasteiger charge is -2.19. The molecule has 4 aromatic rings. The van der Waals surface area contributed by atoms with Crippen molar-refractivity contribution >= 4 is 23.0 Å². The summed E-state index contributed by atoms with van der Waals surface area (Å²) < 4.78 is 50.4. The number of alkyl carbamates (subject to hydrolysis) is 1. The van der Waals surface area contributed by atoms with Crippen LogP contribution < -0.4 is 10.6 Å². The first-order chi connectivity index (χ1) is 18.4. The third-order valence-corrected chi connectivity index (χ3v) is 5.76. The Hall–Kier alpha value is -4.27. The zero-order valence-electron chi connectivity index (χ0n) is 21.8. The number of hydrogen-bond donors (Lipinski definition) is 2. The Bertz CT molecular complexity index is 1490. The van der Waals surface area contributed by atoms with Crippen LogP contribution in [0.5, 0.6) is 0 Å². The van der Waals surface area contributed by atoms with E-state index < -0.39 is 23.4 Å². The van der Waals surface area contributed by atoms with Crippen LogP contribution in [0.4, 0.5) is 18.0 Å². The van der Waals surface area contributed by atoms with Crippen molar-refractivity contribution in [2.75, 3.05) is 13.1 Å². The van der Waals surface area contributed by atoms with E-state index in [9.17, 15) is 22.8 Å². The van der Waals surface area contributed by atoms with E-state index in [1.165, 1.54) is 6.07 Å². The first kappa shape index (κ1) is 27.8. The van der Waals surface area contributed by atoms with E-state index >= 15 is 0 Å². The molecule has 1 aromatic heterocycles. The lowest BCUT2D eigenvalue weighted by Crippen LogP contribution is -2.37. The highest BCUT2D eigenvalue weighted by Crippen LogP contribution is 2.33. The topological polar surface area (TPSA) is 80.6 Å². The van der Waals surface area contributed by atoms with Gasteiger partial charge in [-0.2, -0.15) is 13.2 Å². The maximum atomic E-state index is 13.1. The number of hydrogen-bond acceptors (Lipinski definition) is 4. The number of amides is 2. The minimum absolute atomic E-state index is 0.206. The maximum Gasteiger partial charge on any atom is 0.416 e. The monoisotopic (exact) mass is 538 g/mol. The van der Waals surface area contributed by atoms with Gasteiger partial charge >= 0.3 is 12.3 Å². The second-order valence-electron chi connectivity index (χ2n) is 10.1. The van der Waals surface area contributed by atoms with Gasteiger partial charge < -0.3 is 19.8 Å². The first-order valence-corrected chi connectivity index (χ1v) is 12.4. The predicted molar refractivity (Wildman–Crippen MR) is 142 cm³/mol. The Kier molecular flexibility index (Phi) is 7.99. The summed E-state index contributed by atoms with van der Waals surface area (Å²) in [5.74, 6) is 0.232. The number of carbonyl (C=O) groups excluding carboxylic acids is 2. The molecule has 2 N–H and O–H groups in total. The summed E-state index contributed by atoms with van der Waals surface area (Å²) in [5.41, 5.74) is 1.83. The summed E-state index contributed by atoms with van der Waals surface area (Å²) in [6.45, 7) is 5.73. The largest absolute Gasteiger partial charge is 0.461 e. The molecule has 0 fully saturated rings. The van der Waals surface area contributed by atoms with Crippen LogP contribution >= 0.6 is 0 Å². The van der Waals surface area contributed by atoms with Crippen molar-refractivity contribution in [1.82, 2.24) is 10.6 Å². The van der Waals surface area contributed by atoms with Gasteiger partial charge in [-0.1, -0.05) is 42.5 Å². The van der Waals surface area contributed by atoms with Gasteiger partial charge in [-0.05, 0) is 67.8 Å². The minimum Gasteiger partial charge on any atom is -0.461 e. The number of rotatable bonds is 7. The van der Waals surface area contributed by atoms with Crippen molar-refractivity contribution in [2.24, 2.45) is 0 Å². The van der Waals surface area contributed by atoms with Crippen molar-refractivity contribution < 1.29 is 31.9 Å². The predicted octanol–water partition coefficient (Wildman–Crippen LogP) is 6.96. The second kappa shape index (κ2) is 11.2. The van der Waals surface area contributed by atoms with Crippen LogP contribution in [0.15, 0.2) is 77.2 Å². The van der Waals surface area contributed by atoms with Crippen LogP contribution in [-0.2, 0) is 17.3 Å². The van der Waals surface area contributed by atoms with Crippen LogP contribution in [-0.4, -0.2) is 30.7 Å². The maximum absolute atomic E-state index is 13.1. The van der Waals surface area contributed by atoms with Crippen molar-refractivity contribution in [1.29, 1.82) is 0 Å². The molecule has 0 unspecified atom stereocenters. The fraction of sp³-hybridized carbons (Fsp3) is 0.267. The van der Waals surface area contributed by atoms with Gasteiger partial charge in [0.1, 0.15) is 16.9 Å². The zero-order chi connectivity index (χ0) is 28.2. The molecule has 4 rings (SSSR count). The summed E-state index contributed by atoms with van der Waals surface area (Å²) in [6.07, 6.45) is -4.76. The fourth-order valence-corrected chi connectivity index (χ4v) is 4.10. The molecule has 0 spiro atoms. The third kappa shape index (κ3) is 7.40. The lowest BCUT2D eigenvalue weighted by atomic mass is 9.99. The molecule has 3 aromatic carbocycles. The molecule has 6 nitrogen and oxygen atoms in total. The van der Waals surface area contributed by atoms with E-state index in [-0.39, 0.29) is 25.4 Å². The highest BCUT2D eigenvalue weighted by molar-refractivity contribution is 5.98. The molecule has 39 heavy (non-hydrogen) atoms. The summed E-state index contributed by atoms with van der Waals surface area (Å²) in [6, 6.07) is 19.6. The van der Waals surface area contributed by atoms with Crippen molar-refractivity contribution in [3.05, 3.63) is 95.2 Å². The number of furan rings is 1. The van der Waals surface area contributed by atoms with Gasteiger partial charge in [0.15, 0.2) is 0 Å². The van der Waals surface area contributed by atoms with Gasteiger partial charge in [-0.3, -0.25) is 4.79 Å². The molecule has 0 atom stereocenters. The molecule has 0 aliphatic carbocycles. The number of halogens is 3. The third-order valence-electron chi connectivity index (χ3n) is 5.76. The fourth-order valence-electron chi connectivity index (χ4n) is 4.10. The Balaban J connectivity index is 1.46. The number of benzene rings is 3. The van der Waals surface area contributed by atoms with Gasteiger partial charge in [-0.15, -0.1) is 0 Å². The van der Waals surface area contributed by atoms with E-state index in [4.69, 9.17) is 9.15 Å². The molecule has 0 aliphatic heterocycles. The van der Waals surface area contributed by atoms with Gasteiger partial charge in [0, 0.05) is 30.5 Å². The summed E-state index contributed by atoms with van der Waals surface area (Å²) in [7, 11) is 0. The Morgan fingerprint density at radius 3 is 2.33 bits per heavy atom. The average Bonchev–Trinajstić information content (AvgIpc) is 3.27. The second-order valence-corrected chi connectivity index (χ2v) is 10.1. The van der Waals surface area contributed by atoms with Crippen molar-refractivity contribution in [3.8, 4) is 11.1 Å². The van der Waals surface area contributed by atoms with Crippen molar-refractivity contribution in [2.45, 2.75) is 39.0 Å². The van der Waals surface area contributed by atoms with E-state index in [0.717, 1.165) is 28.6 Å². The number of alkyl halides is 3. The van der Waals surface area contributed by atoms with E-state index in [1.54, 1.807) is 51.1 Å². The average molecular weight is 539 g/mol. The standard InChI is InChI=1S/C30H29F3N2O4/c1-29(2,3)39-28(37)35-14-13-34-27(36)21-9-5-8-20(17-21)24-11-6-12-26-25(24)18-23(38-26)16-19-7-4-10-22(15-19)30(31,32)33/h4-12,15,17-18H,13-14,16H2,1-3H3,(H,34,36)(H,35,37). The lowest BCUT2D eigenvalue weighted by molar-refractivity contribution is -0.137. The van der Waals surface area contributed by atoms with Crippen LogP contribution in [0.1, 0.15) is 48.0 Å². The van der Waals surface area contributed by atoms with Gasteiger partial charge in [-0.25, -0.2) is 4.79 Å². The number of carbonyl (C=O) groups is 2. The Labute approximate surface area is 224 Å². The molecule has 0 radical (unpaired) electrons. The normalized spacial score (nSPS) is 11.8. The molecule has 0 saturated carbocycles. The molecule has 0 bridgehead atoms. The molecular weight excluding hydrogens is 509 g/mol. The van der Waals surface area contributed by atoms with Crippen LogP contribution in [0.25, 0.3) is 22.1 Å². The van der Waals surface area contributed by atoms with E-state index in [1.807, 2.05) is 24.3 Å². The molecule has 1 heterocycles. The van der Waals surface area contributed by atoms with Gasteiger partial charge in [0.2, 0.25) is 0 Å². The van der Waals surface area contributed by atoms with E-state index in [2.05, 4.69) is 10.6 Å². The molecular formula is C30H29F3N2O4. The highest BCUT2D eigenvalue weighted by atomic mass is 19.4. The summed E-state index contributed by atoms with van der Waals surface area (Å²) in [5, 5.41) is 6.15. The van der Waals surface area contributed by atoms with Gasteiger partial charge in [0.25, 0.3) is 5.91 Å². The highest BCUT2D eigenvalue weighted by Gasteiger charge is 2.30. The SMILES string of the molecule is CC(C)(C)OC(=O)NCCNC(=O)c1cccc(-c2cccc3oc(Cc4cccc(C(F)(F)F)c4)cc23)c1. The Morgan fingerprint density at radius 1 is 0.872 bits per heavy atom.